The molecular weight excluding hydrogens is 218 g/mol. The molecule has 1 fully saturated rings. The first kappa shape index (κ1) is 11.9. The van der Waals surface area contributed by atoms with E-state index in [9.17, 15) is 9.90 Å². The van der Waals surface area contributed by atoms with Gasteiger partial charge in [-0.25, -0.2) is 0 Å². The Hall–Kier alpha value is -1.55. The molecule has 1 amide bonds. The number of carbonyl (C=O) groups excluding carboxylic acids is 1. The van der Waals surface area contributed by atoms with Crippen molar-refractivity contribution in [1.82, 2.24) is 4.90 Å². The number of methoxy groups -OCH3 is 1. The third-order valence-electron chi connectivity index (χ3n) is 3.02. The Morgan fingerprint density at radius 2 is 2.12 bits per heavy atom. The summed E-state index contributed by atoms with van der Waals surface area (Å²) in [6.45, 7) is 1.16. The highest BCUT2D eigenvalue weighted by molar-refractivity contribution is 5.94. The van der Waals surface area contributed by atoms with Gasteiger partial charge in [0, 0.05) is 18.7 Å². The molecule has 2 rings (SSSR count). The summed E-state index contributed by atoms with van der Waals surface area (Å²) >= 11 is 0. The highest BCUT2D eigenvalue weighted by Gasteiger charge is 2.22. The van der Waals surface area contributed by atoms with Gasteiger partial charge in [0.05, 0.1) is 13.2 Å². The lowest BCUT2D eigenvalue weighted by Gasteiger charge is -2.30. The number of aliphatic hydroxyl groups is 1. The monoisotopic (exact) mass is 235 g/mol. The smallest absolute Gasteiger partial charge is 0.253 e. The summed E-state index contributed by atoms with van der Waals surface area (Å²) in [6.07, 6.45) is 1.26. The number of aliphatic hydroxyl groups excluding tert-OH is 1. The maximum absolute atomic E-state index is 12.1. The zero-order valence-corrected chi connectivity index (χ0v) is 9.93. The molecule has 1 saturated heterocycles. The lowest BCUT2D eigenvalue weighted by Crippen LogP contribution is -2.42. The molecule has 1 aromatic rings. The van der Waals surface area contributed by atoms with Gasteiger partial charge in [-0.15, -0.1) is 0 Å². The van der Waals surface area contributed by atoms with E-state index in [1.54, 1.807) is 36.3 Å². The molecule has 1 aliphatic heterocycles. The van der Waals surface area contributed by atoms with Crippen LogP contribution in [0.3, 0.4) is 0 Å². The minimum Gasteiger partial charge on any atom is -0.497 e. The van der Waals surface area contributed by atoms with Crippen LogP contribution in [0, 0.1) is 0 Å². The molecule has 4 heteroatoms. The van der Waals surface area contributed by atoms with E-state index in [1.165, 1.54) is 0 Å². The average Bonchev–Trinajstić information content (AvgIpc) is 2.38. The third kappa shape index (κ3) is 2.77. The van der Waals surface area contributed by atoms with E-state index in [1.807, 2.05) is 0 Å². The number of ether oxygens (including phenoxy) is 1. The molecule has 17 heavy (non-hydrogen) atoms. The van der Waals surface area contributed by atoms with Crippen LogP contribution in [0.1, 0.15) is 23.2 Å². The molecule has 0 spiro atoms. The van der Waals surface area contributed by atoms with Crippen LogP contribution in [-0.4, -0.2) is 42.2 Å². The lowest BCUT2D eigenvalue weighted by molar-refractivity contribution is 0.0473. The first-order valence-corrected chi connectivity index (χ1v) is 5.82. The molecule has 1 aromatic carbocycles. The average molecular weight is 235 g/mol. The summed E-state index contributed by atoms with van der Waals surface area (Å²) in [6, 6.07) is 7.05. The van der Waals surface area contributed by atoms with Gasteiger partial charge in [0.1, 0.15) is 5.75 Å². The lowest BCUT2D eigenvalue weighted by atomic mass is 10.1. The predicted octanol–water partition coefficient (Wildman–Crippen LogP) is 1.29. The maximum atomic E-state index is 12.1. The van der Waals surface area contributed by atoms with Crippen molar-refractivity contribution in [3.05, 3.63) is 29.8 Å². The second kappa shape index (κ2) is 5.19. The van der Waals surface area contributed by atoms with Gasteiger partial charge in [0.2, 0.25) is 0 Å². The van der Waals surface area contributed by atoms with E-state index in [0.29, 0.717) is 12.1 Å². The summed E-state index contributed by atoms with van der Waals surface area (Å²) in [4.78, 5) is 13.8. The van der Waals surface area contributed by atoms with Gasteiger partial charge in [-0.3, -0.25) is 4.79 Å². The SMILES string of the molecule is COc1ccc(C(=O)N2CCC[C@H](O)C2)cc1. The Balaban J connectivity index is 2.07. The molecule has 1 heterocycles. The number of carbonyl (C=O) groups is 1. The number of β-amino-alcohol motifs (C(OH)–C–C–N with tert-alkyl or cyclic N) is 1. The van der Waals surface area contributed by atoms with Crippen LogP contribution in [0.25, 0.3) is 0 Å². The largest absolute Gasteiger partial charge is 0.497 e. The normalized spacial score (nSPS) is 20.1. The summed E-state index contributed by atoms with van der Waals surface area (Å²) in [5, 5.41) is 9.54. The second-order valence-electron chi connectivity index (χ2n) is 4.28. The Morgan fingerprint density at radius 3 is 2.71 bits per heavy atom. The fourth-order valence-corrected chi connectivity index (χ4v) is 2.06. The Bertz CT molecular complexity index is 388. The number of hydrogen-bond donors (Lipinski definition) is 1. The van der Waals surface area contributed by atoms with Crippen molar-refractivity contribution >= 4 is 5.91 Å². The molecule has 1 N–H and O–H groups in total. The van der Waals surface area contributed by atoms with Gasteiger partial charge in [-0.2, -0.15) is 0 Å². The minimum atomic E-state index is -0.383. The number of amides is 1. The molecule has 0 aliphatic carbocycles. The predicted molar refractivity (Wildman–Crippen MR) is 64.1 cm³/mol. The molecule has 0 radical (unpaired) electrons. The summed E-state index contributed by atoms with van der Waals surface area (Å²) in [7, 11) is 1.60. The van der Waals surface area contributed by atoms with Crippen molar-refractivity contribution in [1.29, 1.82) is 0 Å². The minimum absolute atomic E-state index is 0.0218. The molecule has 1 atom stereocenters. The molecular formula is C13H17NO3. The van der Waals surface area contributed by atoms with E-state index in [2.05, 4.69) is 0 Å². The van der Waals surface area contributed by atoms with E-state index in [4.69, 9.17) is 4.74 Å². The van der Waals surface area contributed by atoms with E-state index >= 15 is 0 Å². The van der Waals surface area contributed by atoms with Crippen LogP contribution in [0.15, 0.2) is 24.3 Å². The first-order chi connectivity index (χ1) is 8.20. The number of likely N-dealkylation sites (tertiary alicyclic amines) is 1. The molecule has 1 aliphatic rings. The van der Waals surface area contributed by atoms with Crippen LogP contribution < -0.4 is 4.74 Å². The van der Waals surface area contributed by atoms with E-state index in [0.717, 1.165) is 25.1 Å². The van der Waals surface area contributed by atoms with Crippen LogP contribution in [0.5, 0.6) is 5.75 Å². The van der Waals surface area contributed by atoms with Gasteiger partial charge >= 0.3 is 0 Å². The number of nitrogens with zero attached hydrogens (tertiary/aromatic N) is 1. The topological polar surface area (TPSA) is 49.8 Å². The van der Waals surface area contributed by atoms with E-state index < -0.39 is 0 Å². The summed E-state index contributed by atoms with van der Waals surface area (Å²) in [5.74, 6) is 0.714. The zero-order chi connectivity index (χ0) is 12.3. The van der Waals surface area contributed by atoms with Crippen molar-refractivity contribution < 1.29 is 14.6 Å². The molecule has 0 aromatic heterocycles. The first-order valence-electron chi connectivity index (χ1n) is 5.82. The summed E-state index contributed by atoms with van der Waals surface area (Å²) < 4.78 is 5.05. The number of piperidine rings is 1. The number of benzene rings is 1. The van der Waals surface area contributed by atoms with Crippen LogP contribution in [0.2, 0.25) is 0 Å². The van der Waals surface area contributed by atoms with E-state index in [-0.39, 0.29) is 12.0 Å². The van der Waals surface area contributed by atoms with Crippen LogP contribution >= 0.6 is 0 Å². The van der Waals surface area contributed by atoms with Crippen molar-refractivity contribution in [2.75, 3.05) is 20.2 Å². The van der Waals surface area contributed by atoms with Crippen LogP contribution in [0.4, 0.5) is 0 Å². The molecule has 92 valence electrons. The molecule has 0 bridgehead atoms. The number of hydrogen-bond acceptors (Lipinski definition) is 3. The van der Waals surface area contributed by atoms with Gasteiger partial charge in [0.25, 0.3) is 5.91 Å². The zero-order valence-electron chi connectivity index (χ0n) is 9.93. The Morgan fingerprint density at radius 1 is 1.41 bits per heavy atom. The van der Waals surface area contributed by atoms with Gasteiger partial charge < -0.3 is 14.7 Å². The molecule has 0 saturated carbocycles. The third-order valence-corrected chi connectivity index (χ3v) is 3.02. The van der Waals surface area contributed by atoms with Crippen molar-refractivity contribution in [3.8, 4) is 5.75 Å². The number of rotatable bonds is 2. The van der Waals surface area contributed by atoms with Crippen molar-refractivity contribution in [2.24, 2.45) is 0 Å². The highest BCUT2D eigenvalue weighted by atomic mass is 16.5. The van der Waals surface area contributed by atoms with Gasteiger partial charge in [-0.05, 0) is 37.1 Å². The van der Waals surface area contributed by atoms with Crippen molar-refractivity contribution in [3.63, 3.8) is 0 Å². The standard InChI is InChI=1S/C13H17NO3/c1-17-12-6-4-10(5-7-12)13(16)14-8-2-3-11(15)9-14/h4-7,11,15H,2-3,8-9H2,1H3/t11-/m0/s1. The second-order valence-corrected chi connectivity index (χ2v) is 4.28. The fourth-order valence-electron chi connectivity index (χ4n) is 2.06. The van der Waals surface area contributed by atoms with Gasteiger partial charge in [-0.1, -0.05) is 0 Å². The van der Waals surface area contributed by atoms with Crippen LogP contribution in [-0.2, 0) is 0 Å². The fraction of sp³-hybridized carbons (Fsp3) is 0.462. The highest BCUT2D eigenvalue weighted by Crippen LogP contribution is 2.16. The molecule has 0 unspecified atom stereocenters. The Kier molecular flexibility index (Phi) is 3.64. The summed E-state index contributed by atoms with van der Waals surface area (Å²) in [5.41, 5.74) is 0.639. The quantitative estimate of drug-likeness (QED) is 0.840. The van der Waals surface area contributed by atoms with Gasteiger partial charge in [0.15, 0.2) is 0 Å². The Labute approximate surface area is 101 Å². The molecule has 4 nitrogen and oxygen atoms in total. The maximum Gasteiger partial charge on any atom is 0.253 e. The van der Waals surface area contributed by atoms with Crippen molar-refractivity contribution in [2.45, 2.75) is 18.9 Å².